The van der Waals surface area contributed by atoms with Crippen LogP contribution in [0, 0.1) is 0 Å². The fraction of sp³-hybridized carbons (Fsp3) is 0.933. The van der Waals surface area contributed by atoms with E-state index in [-0.39, 0.29) is 18.5 Å². The summed E-state index contributed by atoms with van der Waals surface area (Å²) < 4.78 is 5.44. The summed E-state index contributed by atoms with van der Waals surface area (Å²) in [5, 5.41) is 23.3. The van der Waals surface area contributed by atoms with Gasteiger partial charge in [-0.15, -0.1) is 0 Å². The molecular weight excluding hydrogens is 815 g/mol. The first-order valence-corrected chi connectivity index (χ1v) is 29.9. The minimum Gasteiger partial charge on any atom is -0.466 e. The minimum atomic E-state index is -0.683. The fourth-order valence-electron chi connectivity index (χ4n) is 9.46. The third kappa shape index (κ3) is 52.0. The summed E-state index contributed by atoms with van der Waals surface area (Å²) in [5.41, 5.74) is 0. The molecule has 66 heavy (non-hydrogen) atoms. The second kappa shape index (κ2) is 56.2. The number of carbonyl (C=O) groups is 2. The van der Waals surface area contributed by atoms with E-state index in [9.17, 15) is 19.8 Å². The standard InChI is InChI=1S/C60H117NO5/c1-3-5-7-9-11-13-15-17-18-19-20-21-22-23-24-25-26-27-28-30-32-36-40-44-48-52-58(63)57(56-62)61-59(64)53-49-45-41-37-33-31-35-39-43-47-51-55-66-60(65)54-50-46-42-38-34-29-16-14-12-10-8-6-4-2/h35,39,57-58,62-63H,3-34,36-38,40-56H2,1-2H3,(H,61,64)/b39-35-. The summed E-state index contributed by atoms with van der Waals surface area (Å²) in [5.74, 6) is -0.0882. The van der Waals surface area contributed by atoms with Gasteiger partial charge in [0.15, 0.2) is 0 Å². The highest BCUT2D eigenvalue weighted by molar-refractivity contribution is 5.76. The van der Waals surface area contributed by atoms with E-state index in [1.807, 2.05) is 0 Å². The molecular formula is C60H117NO5. The van der Waals surface area contributed by atoms with Crippen LogP contribution in [0.2, 0.25) is 0 Å². The number of carbonyl (C=O) groups excluding carboxylic acids is 2. The van der Waals surface area contributed by atoms with Crippen LogP contribution in [0.5, 0.6) is 0 Å². The average Bonchev–Trinajstić information content (AvgIpc) is 3.32. The largest absolute Gasteiger partial charge is 0.466 e. The molecule has 0 heterocycles. The lowest BCUT2D eigenvalue weighted by atomic mass is 10.0. The lowest BCUT2D eigenvalue weighted by Gasteiger charge is -2.22. The van der Waals surface area contributed by atoms with Gasteiger partial charge in [0.05, 0.1) is 25.4 Å². The molecule has 6 nitrogen and oxygen atoms in total. The highest BCUT2D eigenvalue weighted by atomic mass is 16.5. The number of amides is 1. The SMILES string of the molecule is CCCCCCCCCCCCCCCCCCCCCCCCCCCC(O)C(CO)NC(=O)CCCCCCC/C=C\CCCCOC(=O)CCCCCCCCCCCCCCC. The number of esters is 1. The second-order valence-electron chi connectivity index (χ2n) is 20.7. The van der Waals surface area contributed by atoms with Crippen LogP contribution < -0.4 is 5.32 Å². The molecule has 0 spiro atoms. The van der Waals surface area contributed by atoms with Crippen molar-refractivity contribution in [1.29, 1.82) is 0 Å². The molecule has 0 aliphatic carbocycles. The summed E-state index contributed by atoms with van der Waals surface area (Å²) in [4.78, 5) is 24.5. The van der Waals surface area contributed by atoms with Crippen molar-refractivity contribution in [2.24, 2.45) is 0 Å². The Labute approximate surface area is 412 Å². The van der Waals surface area contributed by atoms with Gasteiger partial charge >= 0.3 is 5.97 Å². The zero-order valence-electron chi connectivity index (χ0n) is 44.7. The lowest BCUT2D eigenvalue weighted by molar-refractivity contribution is -0.143. The van der Waals surface area contributed by atoms with Crippen molar-refractivity contribution in [3.8, 4) is 0 Å². The van der Waals surface area contributed by atoms with Crippen LogP contribution in [-0.4, -0.2) is 47.4 Å². The molecule has 0 saturated carbocycles. The van der Waals surface area contributed by atoms with Crippen molar-refractivity contribution in [1.82, 2.24) is 5.32 Å². The molecule has 0 aromatic rings. The fourth-order valence-corrected chi connectivity index (χ4v) is 9.46. The Balaban J connectivity index is 3.48. The third-order valence-electron chi connectivity index (χ3n) is 14.1. The first-order chi connectivity index (χ1) is 32.5. The van der Waals surface area contributed by atoms with Crippen LogP contribution in [0.1, 0.15) is 335 Å². The molecule has 0 fully saturated rings. The van der Waals surface area contributed by atoms with Gasteiger partial charge in [0, 0.05) is 12.8 Å². The molecule has 6 heteroatoms. The van der Waals surface area contributed by atoms with Crippen LogP contribution in [-0.2, 0) is 14.3 Å². The van der Waals surface area contributed by atoms with Gasteiger partial charge in [0.25, 0.3) is 0 Å². The molecule has 1 amide bonds. The molecule has 0 aromatic heterocycles. The van der Waals surface area contributed by atoms with Gasteiger partial charge in [0.2, 0.25) is 5.91 Å². The van der Waals surface area contributed by atoms with Crippen LogP contribution in [0.15, 0.2) is 12.2 Å². The van der Waals surface area contributed by atoms with Gasteiger partial charge < -0.3 is 20.3 Å². The topological polar surface area (TPSA) is 95.9 Å². The van der Waals surface area contributed by atoms with Crippen molar-refractivity contribution in [3.63, 3.8) is 0 Å². The van der Waals surface area contributed by atoms with E-state index in [0.717, 1.165) is 77.0 Å². The molecule has 3 N–H and O–H groups in total. The van der Waals surface area contributed by atoms with Gasteiger partial charge in [-0.05, 0) is 51.4 Å². The Hall–Kier alpha value is -1.40. The van der Waals surface area contributed by atoms with Crippen molar-refractivity contribution in [3.05, 3.63) is 12.2 Å². The van der Waals surface area contributed by atoms with Crippen LogP contribution in [0.25, 0.3) is 0 Å². The summed E-state index contributed by atoms with van der Waals surface area (Å²) >= 11 is 0. The average molecular weight is 933 g/mol. The second-order valence-corrected chi connectivity index (χ2v) is 20.7. The number of rotatable bonds is 56. The number of hydrogen-bond acceptors (Lipinski definition) is 5. The maximum absolute atomic E-state index is 12.5. The number of aliphatic hydroxyl groups is 2. The Morgan fingerprint density at radius 1 is 0.409 bits per heavy atom. The highest BCUT2D eigenvalue weighted by Crippen LogP contribution is 2.18. The number of nitrogens with one attached hydrogen (secondary N) is 1. The van der Waals surface area contributed by atoms with Crippen molar-refractivity contribution in [2.45, 2.75) is 347 Å². The molecule has 0 rings (SSSR count). The maximum atomic E-state index is 12.5. The first kappa shape index (κ1) is 64.6. The van der Waals surface area contributed by atoms with Gasteiger partial charge in [-0.1, -0.05) is 283 Å². The Bertz CT molecular complexity index is 986. The van der Waals surface area contributed by atoms with Crippen molar-refractivity contribution >= 4 is 11.9 Å². The van der Waals surface area contributed by atoms with E-state index in [0.29, 0.717) is 25.9 Å². The number of ether oxygens (including phenoxy) is 1. The van der Waals surface area contributed by atoms with Crippen LogP contribution >= 0.6 is 0 Å². The number of hydrogen-bond donors (Lipinski definition) is 3. The molecule has 2 unspecified atom stereocenters. The van der Waals surface area contributed by atoms with Gasteiger partial charge in [-0.25, -0.2) is 0 Å². The van der Waals surface area contributed by atoms with Crippen molar-refractivity contribution in [2.75, 3.05) is 13.2 Å². The van der Waals surface area contributed by atoms with Gasteiger partial charge in [-0.3, -0.25) is 9.59 Å². The lowest BCUT2D eigenvalue weighted by Crippen LogP contribution is -2.45. The molecule has 0 saturated heterocycles. The molecule has 392 valence electrons. The zero-order valence-corrected chi connectivity index (χ0v) is 44.7. The minimum absolute atomic E-state index is 0.0284. The quantitative estimate of drug-likeness (QED) is 0.0321. The zero-order chi connectivity index (χ0) is 47.9. The predicted molar refractivity (Wildman–Crippen MR) is 287 cm³/mol. The summed E-state index contributed by atoms with van der Waals surface area (Å²) in [6, 6.07) is -0.563. The third-order valence-corrected chi connectivity index (χ3v) is 14.1. The van der Waals surface area contributed by atoms with Crippen molar-refractivity contribution < 1.29 is 24.5 Å². The number of allylic oxidation sites excluding steroid dienone is 2. The maximum Gasteiger partial charge on any atom is 0.305 e. The summed E-state index contributed by atoms with van der Waals surface area (Å²) in [6.07, 6.45) is 66.4. The molecule has 0 aromatic carbocycles. The Morgan fingerprint density at radius 2 is 0.712 bits per heavy atom. The number of aliphatic hydroxyl groups excluding tert-OH is 2. The van der Waals surface area contributed by atoms with Crippen LogP contribution in [0.3, 0.4) is 0 Å². The van der Waals surface area contributed by atoms with E-state index < -0.39 is 12.1 Å². The molecule has 2 atom stereocenters. The molecule has 0 aliphatic rings. The van der Waals surface area contributed by atoms with E-state index >= 15 is 0 Å². The smallest absolute Gasteiger partial charge is 0.305 e. The van der Waals surface area contributed by atoms with E-state index in [1.54, 1.807) is 0 Å². The first-order valence-electron chi connectivity index (χ1n) is 29.9. The Kier molecular flexibility index (Phi) is 55.0. The van der Waals surface area contributed by atoms with Gasteiger partial charge in [-0.2, -0.15) is 0 Å². The molecule has 0 radical (unpaired) electrons. The van der Waals surface area contributed by atoms with Gasteiger partial charge in [0.1, 0.15) is 0 Å². The monoisotopic (exact) mass is 932 g/mol. The molecule has 0 aliphatic heterocycles. The summed E-state index contributed by atoms with van der Waals surface area (Å²) in [6.45, 7) is 4.90. The normalized spacial score (nSPS) is 12.6. The highest BCUT2D eigenvalue weighted by Gasteiger charge is 2.20. The van der Waals surface area contributed by atoms with E-state index in [2.05, 4.69) is 31.3 Å². The predicted octanol–water partition coefficient (Wildman–Crippen LogP) is 18.5. The number of unbranched alkanes of at least 4 members (excludes halogenated alkanes) is 43. The summed E-state index contributed by atoms with van der Waals surface area (Å²) in [7, 11) is 0. The van der Waals surface area contributed by atoms with E-state index in [1.165, 1.54) is 225 Å². The van der Waals surface area contributed by atoms with E-state index in [4.69, 9.17) is 4.74 Å². The van der Waals surface area contributed by atoms with Crippen LogP contribution in [0.4, 0.5) is 0 Å². The molecule has 0 bridgehead atoms. The Morgan fingerprint density at radius 3 is 1.08 bits per heavy atom.